The van der Waals surface area contributed by atoms with Crippen molar-refractivity contribution in [3.05, 3.63) is 35.4 Å². The highest BCUT2D eigenvalue weighted by molar-refractivity contribution is 5.94. The van der Waals surface area contributed by atoms with Gasteiger partial charge in [-0.05, 0) is 56.5 Å². The number of benzene rings is 1. The van der Waals surface area contributed by atoms with Crippen molar-refractivity contribution in [2.24, 2.45) is 5.73 Å². The van der Waals surface area contributed by atoms with Gasteiger partial charge in [0, 0.05) is 31.2 Å². The second-order valence-corrected chi connectivity index (χ2v) is 6.60. The Morgan fingerprint density at radius 2 is 1.70 bits per heavy atom. The number of likely N-dealkylation sites (tertiary alicyclic amines) is 1. The van der Waals surface area contributed by atoms with Crippen molar-refractivity contribution < 1.29 is 4.79 Å². The molecule has 0 aliphatic carbocycles. The van der Waals surface area contributed by atoms with E-state index in [0.29, 0.717) is 0 Å². The monoisotopic (exact) mass is 317 g/mol. The molecule has 2 N–H and O–H groups in total. The molecular formula is C19H31N3O. The highest BCUT2D eigenvalue weighted by Crippen LogP contribution is 2.14. The number of nitrogens with two attached hydrogens (primary N) is 1. The van der Waals surface area contributed by atoms with E-state index >= 15 is 0 Å². The van der Waals surface area contributed by atoms with Crippen LogP contribution < -0.4 is 5.73 Å². The maximum Gasteiger partial charge on any atom is 0.253 e. The number of hydrogen-bond acceptors (Lipinski definition) is 3. The van der Waals surface area contributed by atoms with Crippen LogP contribution in [0.1, 0.15) is 55.5 Å². The Kier molecular flexibility index (Phi) is 7.06. The molecule has 23 heavy (non-hydrogen) atoms. The van der Waals surface area contributed by atoms with Gasteiger partial charge in [-0.3, -0.25) is 9.69 Å². The topological polar surface area (TPSA) is 49.6 Å². The molecular weight excluding hydrogens is 286 g/mol. The molecule has 1 aliphatic heterocycles. The summed E-state index contributed by atoms with van der Waals surface area (Å²) in [6.45, 7) is 9.22. The summed E-state index contributed by atoms with van der Waals surface area (Å²) in [5.41, 5.74) is 7.98. The van der Waals surface area contributed by atoms with Gasteiger partial charge in [0.25, 0.3) is 5.91 Å². The smallest absolute Gasteiger partial charge is 0.253 e. The van der Waals surface area contributed by atoms with E-state index in [1.54, 1.807) is 0 Å². The van der Waals surface area contributed by atoms with Gasteiger partial charge in [-0.15, -0.1) is 0 Å². The van der Waals surface area contributed by atoms with Gasteiger partial charge in [0.05, 0.1) is 0 Å². The highest BCUT2D eigenvalue weighted by atomic mass is 16.2. The fourth-order valence-electron chi connectivity index (χ4n) is 3.20. The summed E-state index contributed by atoms with van der Waals surface area (Å²) in [6, 6.07) is 8.40. The van der Waals surface area contributed by atoms with Crippen LogP contribution in [0.25, 0.3) is 0 Å². The van der Waals surface area contributed by atoms with E-state index in [9.17, 15) is 4.79 Å². The first-order chi connectivity index (χ1) is 11.1. The van der Waals surface area contributed by atoms with E-state index in [-0.39, 0.29) is 11.9 Å². The first kappa shape index (κ1) is 18.0. The molecule has 1 saturated heterocycles. The van der Waals surface area contributed by atoms with Gasteiger partial charge < -0.3 is 10.6 Å². The highest BCUT2D eigenvalue weighted by Gasteiger charge is 2.21. The fraction of sp³-hybridized carbons (Fsp3) is 0.632. The van der Waals surface area contributed by atoms with Crippen molar-refractivity contribution in [1.82, 2.24) is 9.80 Å². The van der Waals surface area contributed by atoms with Gasteiger partial charge >= 0.3 is 0 Å². The number of hydrogen-bond donors (Lipinski definition) is 1. The number of amides is 1. The zero-order chi connectivity index (χ0) is 16.7. The van der Waals surface area contributed by atoms with Crippen LogP contribution >= 0.6 is 0 Å². The van der Waals surface area contributed by atoms with Crippen LogP contribution in [0.4, 0.5) is 0 Å². The summed E-state index contributed by atoms with van der Waals surface area (Å²) in [6.07, 6.45) is 4.17. The van der Waals surface area contributed by atoms with Crippen molar-refractivity contribution in [2.75, 3.05) is 26.2 Å². The maximum atomic E-state index is 12.5. The van der Waals surface area contributed by atoms with E-state index in [2.05, 4.69) is 30.9 Å². The molecule has 0 saturated carbocycles. The third kappa shape index (κ3) is 5.33. The Morgan fingerprint density at radius 3 is 2.22 bits per heavy atom. The predicted octanol–water partition coefficient (Wildman–Crippen LogP) is 2.87. The van der Waals surface area contributed by atoms with Crippen LogP contribution in [0.3, 0.4) is 0 Å². The van der Waals surface area contributed by atoms with E-state index in [4.69, 9.17) is 5.73 Å². The van der Waals surface area contributed by atoms with E-state index in [1.807, 2.05) is 17.0 Å². The Hall–Kier alpha value is -1.39. The third-order valence-electron chi connectivity index (χ3n) is 4.51. The number of carbonyl (C=O) groups excluding carboxylic acids is 1. The number of piperidine rings is 1. The van der Waals surface area contributed by atoms with Crippen LogP contribution in [0, 0.1) is 0 Å². The molecule has 0 radical (unpaired) electrons. The lowest BCUT2D eigenvalue weighted by atomic mass is 10.0. The second-order valence-electron chi connectivity index (χ2n) is 6.60. The molecule has 1 aromatic carbocycles. The minimum absolute atomic E-state index is 0.141. The summed E-state index contributed by atoms with van der Waals surface area (Å²) < 4.78 is 0. The molecule has 1 fully saturated rings. The molecule has 1 heterocycles. The molecule has 4 nitrogen and oxygen atoms in total. The second kappa shape index (κ2) is 9.04. The summed E-state index contributed by atoms with van der Waals surface area (Å²) >= 11 is 0. The normalized spacial score (nSPS) is 16.1. The molecule has 0 aromatic heterocycles. The van der Waals surface area contributed by atoms with Gasteiger partial charge in [-0.1, -0.05) is 26.0 Å². The predicted molar refractivity (Wildman–Crippen MR) is 95.4 cm³/mol. The molecule has 0 unspecified atom stereocenters. The quantitative estimate of drug-likeness (QED) is 0.841. The minimum Gasteiger partial charge on any atom is -0.339 e. The molecule has 4 heteroatoms. The Labute approximate surface area is 140 Å². The van der Waals surface area contributed by atoms with Gasteiger partial charge in [0.15, 0.2) is 0 Å². The van der Waals surface area contributed by atoms with Gasteiger partial charge in [0.1, 0.15) is 0 Å². The molecule has 0 spiro atoms. The number of rotatable bonds is 7. The van der Waals surface area contributed by atoms with Crippen molar-refractivity contribution in [1.29, 1.82) is 0 Å². The van der Waals surface area contributed by atoms with Crippen molar-refractivity contribution in [3.8, 4) is 0 Å². The molecule has 1 aliphatic rings. The van der Waals surface area contributed by atoms with Crippen molar-refractivity contribution >= 4 is 5.91 Å². The van der Waals surface area contributed by atoms with Gasteiger partial charge in [-0.25, -0.2) is 0 Å². The molecule has 1 amide bonds. The van der Waals surface area contributed by atoms with Crippen molar-refractivity contribution in [3.63, 3.8) is 0 Å². The summed E-state index contributed by atoms with van der Waals surface area (Å²) in [5, 5.41) is 0. The number of nitrogens with zero attached hydrogens (tertiary/aromatic N) is 2. The maximum absolute atomic E-state index is 12.5. The van der Waals surface area contributed by atoms with E-state index in [1.165, 1.54) is 18.4 Å². The van der Waals surface area contributed by atoms with Gasteiger partial charge in [0.2, 0.25) is 0 Å². The Balaban J connectivity index is 1.94. The van der Waals surface area contributed by atoms with E-state index in [0.717, 1.165) is 51.1 Å². The average Bonchev–Trinajstić information content (AvgIpc) is 2.56. The SMILES string of the molecule is CCCN(CCC)Cc1ccc(C(=O)N2CCC(N)CC2)cc1. The van der Waals surface area contributed by atoms with Crippen LogP contribution in [-0.4, -0.2) is 47.9 Å². The van der Waals surface area contributed by atoms with Crippen LogP contribution in [0.5, 0.6) is 0 Å². The lowest BCUT2D eigenvalue weighted by molar-refractivity contribution is 0.0714. The first-order valence-electron chi connectivity index (χ1n) is 9.00. The Bertz CT molecular complexity index is 472. The molecule has 1 aromatic rings. The summed E-state index contributed by atoms with van der Waals surface area (Å²) in [5.74, 6) is 0.141. The molecule has 128 valence electrons. The summed E-state index contributed by atoms with van der Waals surface area (Å²) in [4.78, 5) is 16.9. The largest absolute Gasteiger partial charge is 0.339 e. The average molecular weight is 317 g/mol. The van der Waals surface area contributed by atoms with E-state index < -0.39 is 0 Å². The third-order valence-corrected chi connectivity index (χ3v) is 4.51. The van der Waals surface area contributed by atoms with Crippen LogP contribution in [-0.2, 0) is 6.54 Å². The minimum atomic E-state index is 0.141. The van der Waals surface area contributed by atoms with Crippen molar-refractivity contribution in [2.45, 2.75) is 52.1 Å². The Morgan fingerprint density at radius 1 is 1.13 bits per heavy atom. The first-order valence-corrected chi connectivity index (χ1v) is 9.00. The molecule has 0 bridgehead atoms. The zero-order valence-electron chi connectivity index (χ0n) is 14.6. The lowest BCUT2D eigenvalue weighted by Crippen LogP contribution is -2.42. The van der Waals surface area contributed by atoms with Crippen LogP contribution in [0.15, 0.2) is 24.3 Å². The van der Waals surface area contributed by atoms with Gasteiger partial charge in [-0.2, -0.15) is 0 Å². The number of carbonyl (C=O) groups is 1. The summed E-state index contributed by atoms with van der Waals surface area (Å²) in [7, 11) is 0. The standard InChI is InChI=1S/C19H31N3O/c1-3-11-21(12-4-2)15-16-5-7-17(8-6-16)19(23)22-13-9-18(20)10-14-22/h5-8,18H,3-4,9-15,20H2,1-2H3. The fourth-order valence-corrected chi connectivity index (χ4v) is 3.20. The molecule has 2 rings (SSSR count). The molecule has 0 atom stereocenters. The van der Waals surface area contributed by atoms with Crippen LogP contribution in [0.2, 0.25) is 0 Å². The zero-order valence-corrected chi connectivity index (χ0v) is 14.6. The lowest BCUT2D eigenvalue weighted by Gasteiger charge is -2.30.